The highest BCUT2D eigenvalue weighted by atomic mass is 79.9. The molecule has 0 saturated carbocycles. The van der Waals surface area contributed by atoms with E-state index in [0.29, 0.717) is 10.4 Å². The van der Waals surface area contributed by atoms with E-state index in [4.69, 9.17) is 4.42 Å². The van der Waals surface area contributed by atoms with Gasteiger partial charge in [-0.25, -0.2) is 9.80 Å². The third kappa shape index (κ3) is 2.17. The molecule has 1 aliphatic rings. The van der Waals surface area contributed by atoms with E-state index in [1.165, 1.54) is 5.56 Å². The summed E-state index contributed by atoms with van der Waals surface area (Å²) in [5.74, 6) is 0.555. The third-order valence-corrected chi connectivity index (χ3v) is 4.60. The maximum atomic E-state index is 11.7. The summed E-state index contributed by atoms with van der Waals surface area (Å²) in [4.78, 5) is 11.7. The van der Waals surface area contributed by atoms with Crippen LogP contribution in [0.15, 0.2) is 44.0 Å². The lowest BCUT2D eigenvalue weighted by Gasteiger charge is -2.21. The van der Waals surface area contributed by atoms with Gasteiger partial charge >= 0.3 is 5.63 Å². The van der Waals surface area contributed by atoms with Crippen molar-refractivity contribution in [2.45, 2.75) is 26.4 Å². The molecular weight excluding hydrogens is 320 g/mol. The highest BCUT2D eigenvalue weighted by molar-refractivity contribution is 9.10. The van der Waals surface area contributed by atoms with Crippen molar-refractivity contribution in [3.63, 3.8) is 0 Å². The fraction of sp³-hybridized carbons (Fsp3) is 0.267. The summed E-state index contributed by atoms with van der Waals surface area (Å²) in [5.41, 5.74) is 6.02. The van der Waals surface area contributed by atoms with E-state index in [0.717, 1.165) is 17.7 Å². The Morgan fingerprint density at radius 3 is 2.75 bits per heavy atom. The zero-order valence-electron chi connectivity index (χ0n) is 11.3. The Kier molecular flexibility index (Phi) is 3.40. The van der Waals surface area contributed by atoms with Gasteiger partial charge < -0.3 is 4.42 Å². The van der Waals surface area contributed by atoms with Crippen LogP contribution in [0.2, 0.25) is 0 Å². The van der Waals surface area contributed by atoms with Gasteiger partial charge in [0.15, 0.2) is 0 Å². The Labute approximate surface area is 125 Å². The zero-order valence-corrected chi connectivity index (χ0v) is 12.9. The minimum Gasteiger partial charge on any atom is -0.404 e. The molecule has 0 fully saturated rings. The van der Waals surface area contributed by atoms with Gasteiger partial charge in [0.05, 0.1) is 6.04 Å². The number of anilines is 1. The van der Waals surface area contributed by atoms with E-state index < -0.39 is 0 Å². The van der Waals surface area contributed by atoms with Crippen molar-refractivity contribution in [3.05, 3.63) is 61.9 Å². The Hall–Kier alpha value is -1.59. The summed E-state index contributed by atoms with van der Waals surface area (Å²) >= 11 is 3.29. The van der Waals surface area contributed by atoms with Crippen LogP contribution in [-0.4, -0.2) is 5.01 Å². The maximum Gasteiger partial charge on any atom is 0.352 e. The van der Waals surface area contributed by atoms with Crippen molar-refractivity contribution < 1.29 is 4.42 Å². The molecule has 1 aromatic carbocycles. The monoisotopic (exact) mass is 334 g/mol. The normalized spacial score (nSPS) is 17.9. The predicted molar refractivity (Wildman–Crippen MR) is 81.4 cm³/mol. The number of hydrogen-bond donors (Lipinski definition) is 1. The number of fused-ring (bicyclic) bond motifs is 1. The Balaban J connectivity index is 1.93. The number of halogens is 1. The summed E-state index contributed by atoms with van der Waals surface area (Å²) in [7, 11) is 0. The molecule has 1 N–H and O–H groups in total. The van der Waals surface area contributed by atoms with Crippen molar-refractivity contribution in [1.82, 2.24) is 5.01 Å². The van der Waals surface area contributed by atoms with Crippen molar-refractivity contribution in [1.29, 1.82) is 0 Å². The molecule has 1 aromatic heterocycles. The second-order valence-electron chi connectivity index (χ2n) is 4.97. The van der Waals surface area contributed by atoms with Crippen LogP contribution in [0.25, 0.3) is 0 Å². The Bertz CT molecular complexity index is 697. The van der Waals surface area contributed by atoms with Gasteiger partial charge in [0.2, 0.25) is 5.88 Å². The molecule has 0 spiro atoms. The number of nitrogens with zero attached hydrogens (tertiary/aromatic N) is 1. The molecule has 1 atom stereocenters. The molecule has 0 bridgehead atoms. The van der Waals surface area contributed by atoms with Crippen molar-refractivity contribution in [2.75, 3.05) is 5.43 Å². The number of nitrogens with one attached hydrogen (secondary N) is 1. The lowest BCUT2D eigenvalue weighted by atomic mass is 10.1. The molecule has 2 heterocycles. The van der Waals surface area contributed by atoms with Gasteiger partial charge in [-0.2, -0.15) is 0 Å². The van der Waals surface area contributed by atoms with Crippen LogP contribution in [0.5, 0.6) is 0 Å². The van der Waals surface area contributed by atoms with E-state index in [9.17, 15) is 4.79 Å². The molecule has 0 saturated heterocycles. The molecule has 4 nitrogen and oxygen atoms in total. The SMILES string of the molecule is Cc1c2c(oc(=O)c1Br)NN(Cc1ccccc1)C2C. The Morgan fingerprint density at radius 2 is 2.05 bits per heavy atom. The van der Waals surface area contributed by atoms with Crippen molar-refractivity contribution in [3.8, 4) is 0 Å². The van der Waals surface area contributed by atoms with Crippen LogP contribution < -0.4 is 11.1 Å². The quantitative estimate of drug-likeness (QED) is 0.911. The molecule has 104 valence electrons. The lowest BCUT2D eigenvalue weighted by Crippen LogP contribution is -2.26. The van der Waals surface area contributed by atoms with Crippen LogP contribution in [0.3, 0.4) is 0 Å². The standard InChI is InChI=1S/C15H15BrN2O2/c1-9-12-10(2)18(8-11-6-4-3-5-7-11)17-14(12)20-15(19)13(9)16/h3-7,10,17H,8H2,1-2H3. The summed E-state index contributed by atoms with van der Waals surface area (Å²) in [6, 6.07) is 10.3. The summed E-state index contributed by atoms with van der Waals surface area (Å²) < 4.78 is 5.82. The average Bonchev–Trinajstić information content (AvgIpc) is 2.74. The summed E-state index contributed by atoms with van der Waals surface area (Å²) in [6.45, 7) is 4.78. The third-order valence-electron chi connectivity index (χ3n) is 3.68. The van der Waals surface area contributed by atoms with Gasteiger partial charge in [-0.15, -0.1) is 0 Å². The van der Waals surface area contributed by atoms with Crippen molar-refractivity contribution >= 4 is 21.8 Å². The number of rotatable bonds is 2. The van der Waals surface area contributed by atoms with E-state index in [1.54, 1.807) is 0 Å². The molecule has 0 aliphatic carbocycles. The lowest BCUT2D eigenvalue weighted by molar-refractivity contribution is 0.267. The van der Waals surface area contributed by atoms with E-state index in [2.05, 4.69) is 45.4 Å². The van der Waals surface area contributed by atoms with Crippen LogP contribution in [0.4, 0.5) is 5.88 Å². The summed E-state index contributed by atoms with van der Waals surface area (Å²) in [5, 5.41) is 2.07. The zero-order chi connectivity index (χ0) is 14.3. The van der Waals surface area contributed by atoms with Gasteiger partial charge in [-0.05, 0) is 40.9 Å². The molecule has 20 heavy (non-hydrogen) atoms. The number of hydrazine groups is 1. The molecule has 0 amide bonds. The minimum atomic E-state index is -0.345. The highest BCUT2D eigenvalue weighted by Gasteiger charge is 2.32. The van der Waals surface area contributed by atoms with Gasteiger partial charge in [-0.1, -0.05) is 30.3 Å². The first kappa shape index (κ1) is 13.4. The molecular formula is C15H15BrN2O2. The summed E-state index contributed by atoms with van der Waals surface area (Å²) in [6.07, 6.45) is 0. The van der Waals surface area contributed by atoms with Gasteiger partial charge in [0.25, 0.3) is 0 Å². The largest absolute Gasteiger partial charge is 0.404 e. The number of hydrogen-bond acceptors (Lipinski definition) is 4. The van der Waals surface area contributed by atoms with Crippen molar-refractivity contribution in [2.24, 2.45) is 0 Å². The fourth-order valence-corrected chi connectivity index (χ4v) is 2.85. The highest BCUT2D eigenvalue weighted by Crippen LogP contribution is 2.38. The van der Waals surface area contributed by atoms with Gasteiger partial charge in [0.1, 0.15) is 4.47 Å². The fourth-order valence-electron chi connectivity index (χ4n) is 2.56. The van der Waals surface area contributed by atoms with Crippen LogP contribution in [-0.2, 0) is 6.54 Å². The van der Waals surface area contributed by atoms with Crippen LogP contribution in [0, 0.1) is 6.92 Å². The second-order valence-corrected chi connectivity index (χ2v) is 5.77. The molecule has 5 heteroatoms. The van der Waals surface area contributed by atoms with Gasteiger partial charge in [-0.3, -0.25) is 5.43 Å². The van der Waals surface area contributed by atoms with E-state index in [-0.39, 0.29) is 11.7 Å². The second kappa shape index (κ2) is 5.07. The van der Waals surface area contributed by atoms with Crippen LogP contribution in [0.1, 0.15) is 29.7 Å². The first-order chi connectivity index (χ1) is 9.58. The van der Waals surface area contributed by atoms with Crippen LogP contribution >= 0.6 is 15.9 Å². The average molecular weight is 335 g/mol. The molecule has 3 rings (SSSR count). The number of benzene rings is 1. The first-order valence-corrected chi connectivity index (χ1v) is 7.27. The molecule has 1 aliphatic heterocycles. The maximum absolute atomic E-state index is 11.7. The van der Waals surface area contributed by atoms with E-state index >= 15 is 0 Å². The predicted octanol–water partition coefficient (Wildman–Crippen LogP) is 3.61. The molecule has 2 aromatic rings. The first-order valence-electron chi connectivity index (χ1n) is 6.48. The van der Waals surface area contributed by atoms with E-state index in [1.807, 2.05) is 25.1 Å². The smallest absolute Gasteiger partial charge is 0.352 e. The molecule has 0 radical (unpaired) electrons. The molecule has 1 unspecified atom stereocenters. The minimum absolute atomic E-state index is 0.144. The van der Waals surface area contributed by atoms with Gasteiger partial charge in [0, 0.05) is 12.1 Å². The topological polar surface area (TPSA) is 45.5 Å². The Morgan fingerprint density at radius 1 is 1.35 bits per heavy atom.